The van der Waals surface area contributed by atoms with Crippen molar-refractivity contribution in [2.75, 3.05) is 29.9 Å². The Morgan fingerprint density at radius 3 is 2.38 bits per heavy atom. The smallest absolute Gasteiger partial charge is 0.238 e. The first-order valence-electron chi connectivity index (χ1n) is 11.1. The molecule has 1 amide bonds. The molecule has 1 aliphatic rings. The topological polar surface area (TPSA) is 90.9 Å². The van der Waals surface area contributed by atoms with Gasteiger partial charge in [0.25, 0.3) is 0 Å². The molecule has 0 aliphatic carbocycles. The zero-order chi connectivity index (χ0) is 24.3. The third-order valence-corrected chi connectivity index (χ3v) is 6.87. The minimum atomic E-state index is -3.44. The van der Waals surface area contributed by atoms with Gasteiger partial charge in [0.05, 0.1) is 17.2 Å². The normalized spacial score (nSPS) is 15.8. The van der Waals surface area contributed by atoms with E-state index in [1.165, 1.54) is 5.56 Å². The summed E-state index contributed by atoms with van der Waals surface area (Å²) in [6, 6.07) is 22.6. The average Bonchev–Trinajstić information content (AvgIpc) is 3.13. The summed E-state index contributed by atoms with van der Waals surface area (Å²) in [6.45, 7) is 2.40. The monoisotopic (exact) mass is 476 g/mol. The van der Waals surface area contributed by atoms with Gasteiger partial charge in [-0.15, -0.1) is 0 Å². The molecule has 7 nitrogen and oxygen atoms in total. The lowest BCUT2D eigenvalue weighted by molar-refractivity contribution is -0.115. The van der Waals surface area contributed by atoms with Crippen LogP contribution in [0.25, 0.3) is 0 Å². The molecule has 0 saturated carbocycles. The lowest BCUT2D eigenvalue weighted by Crippen LogP contribution is -2.22. The van der Waals surface area contributed by atoms with E-state index >= 15 is 0 Å². The van der Waals surface area contributed by atoms with Crippen molar-refractivity contribution < 1.29 is 13.2 Å². The van der Waals surface area contributed by atoms with Gasteiger partial charge in [0.15, 0.2) is 0 Å². The lowest BCUT2D eigenvalue weighted by Gasteiger charge is -2.15. The fraction of sp³-hybridized carbons (Fsp3) is 0.231. The van der Waals surface area contributed by atoms with E-state index in [4.69, 9.17) is 4.99 Å². The van der Waals surface area contributed by atoms with E-state index in [0.717, 1.165) is 17.8 Å². The summed E-state index contributed by atoms with van der Waals surface area (Å²) in [6.07, 6.45) is 0. The van der Waals surface area contributed by atoms with Crippen molar-refractivity contribution in [1.82, 2.24) is 4.90 Å². The summed E-state index contributed by atoms with van der Waals surface area (Å²) in [4.78, 5) is 20.1. The molecule has 0 spiro atoms. The molecule has 0 aromatic heterocycles. The van der Waals surface area contributed by atoms with Gasteiger partial charge >= 0.3 is 0 Å². The third-order valence-electron chi connectivity index (χ3n) is 5.56. The van der Waals surface area contributed by atoms with Crippen LogP contribution in [0, 0.1) is 0 Å². The van der Waals surface area contributed by atoms with Crippen LogP contribution >= 0.6 is 0 Å². The summed E-state index contributed by atoms with van der Waals surface area (Å²) in [5.74, 6) is -0.909. The van der Waals surface area contributed by atoms with E-state index in [0.29, 0.717) is 22.6 Å². The number of aliphatic imine (C=N–C) groups is 1. The van der Waals surface area contributed by atoms with Crippen LogP contribution in [-0.4, -0.2) is 44.8 Å². The predicted molar refractivity (Wildman–Crippen MR) is 137 cm³/mol. The number of anilines is 2. The largest absolute Gasteiger partial charge is 0.325 e. The first kappa shape index (κ1) is 23.7. The van der Waals surface area contributed by atoms with E-state index in [1.54, 1.807) is 25.1 Å². The highest BCUT2D eigenvalue weighted by molar-refractivity contribution is 7.92. The number of amides is 1. The van der Waals surface area contributed by atoms with Crippen LogP contribution < -0.4 is 10.0 Å². The molecule has 0 fully saturated rings. The van der Waals surface area contributed by atoms with Crippen LogP contribution in [0.3, 0.4) is 0 Å². The molecule has 34 heavy (non-hydrogen) atoms. The zero-order valence-electron chi connectivity index (χ0n) is 19.4. The Bertz CT molecular complexity index is 1320. The Morgan fingerprint density at radius 2 is 1.74 bits per heavy atom. The molecule has 8 heteroatoms. The quantitative estimate of drug-likeness (QED) is 0.473. The van der Waals surface area contributed by atoms with Crippen molar-refractivity contribution in [3.63, 3.8) is 0 Å². The molecule has 1 unspecified atom stereocenters. The highest BCUT2D eigenvalue weighted by Gasteiger charge is 2.35. The number of carbonyl (C=O) groups is 1. The van der Waals surface area contributed by atoms with Crippen molar-refractivity contribution in [3.05, 3.63) is 89.5 Å². The fourth-order valence-corrected chi connectivity index (χ4v) is 4.56. The number of benzene rings is 3. The molecule has 4 rings (SSSR count). The van der Waals surface area contributed by atoms with E-state index in [1.807, 2.05) is 68.7 Å². The minimum absolute atomic E-state index is 0.0365. The van der Waals surface area contributed by atoms with Gasteiger partial charge in [0, 0.05) is 17.9 Å². The fourth-order valence-electron chi connectivity index (χ4n) is 3.93. The highest BCUT2D eigenvalue weighted by atomic mass is 32.2. The number of nitrogens with zero attached hydrogens (tertiary/aromatic N) is 2. The van der Waals surface area contributed by atoms with Crippen molar-refractivity contribution in [2.24, 2.45) is 4.99 Å². The van der Waals surface area contributed by atoms with Crippen LogP contribution in [-0.2, 0) is 21.4 Å². The number of sulfonamides is 1. The maximum absolute atomic E-state index is 13.1. The number of hydrogen-bond donors (Lipinski definition) is 2. The standard InChI is InChI=1S/C26H28N4O3S/c1-4-34(32,33)29-21-14-15-23-22(16-21)24(26(31)28-23)25(19-8-6-5-7-9-19)27-20-12-10-18(11-13-20)17-30(2)3/h5-16,24,29H,4,17H2,1-3H3,(H,28,31). The Balaban J connectivity index is 1.78. The maximum atomic E-state index is 13.1. The number of hydrogen-bond acceptors (Lipinski definition) is 5. The highest BCUT2D eigenvalue weighted by Crippen LogP contribution is 2.38. The molecular formula is C26H28N4O3S. The van der Waals surface area contributed by atoms with Gasteiger partial charge in [-0.2, -0.15) is 0 Å². The lowest BCUT2D eigenvalue weighted by atomic mass is 9.90. The van der Waals surface area contributed by atoms with Crippen molar-refractivity contribution >= 4 is 38.7 Å². The molecule has 176 valence electrons. The van der Waals surface area contributed by atoms with Crippen molar-refractivity contribution in [2.45, 2.75) is 19.4 Å². The molecule has 0 saturated heterocycles. The average molecular weight is 477 g/mol. The van der Waals surface area contributed by atoms with Crippen LogP contribution in [0.4, 0.5) is 17.1 Å². The van der Waals surface area contributed by atoms with Gasteiger partial charge in [-0.1, -0.05) is 42.5 Å². The number of nitrogens with one attached hydrogen (secondary N) is 2. The van der Waals surface area contributed by atoms with E-state index in [2.05, 4.69) is 14.9 Å². The van der Waals surface area contributed by atoms with Gasteiger partial charge in [-0.05, 0) is 68.0 Å². The van der Waals surface area contributed by atoms with E-state index in [9.17, 15) is 13.2 Å². The van der Waals surface area contributed by atoms with E-state index in [-0.39, 0.29) is 11.7 Å². The second-order valence-electron chi connectivity index (χ2n) is 8.50. The molecule has 1 heterocycles. The Morgan fingerprint density at radius 1 is 1.03 bits per heavy atom. The summed E-state index contributed by atoms with van der Waals surface area (Å²) in [5, 5.41) is 2.92. The van der Waals surface area contributed by atoms with Gasteiger partial charge in [-0.25, -0.2) is 8.42 Å². The number of carbonyl (C=O) groups excluding carboxylic acids is 1. The number of fused-ring (bicyclic) bond motifs is 1. The van der Waals surface area contributed by atoms with Crippen molar-refractivity contribution in [3.8, 4) is 0 Å². The van der Waals surface area contributed by atoms with Crippen LogP contribution in [0.2, 0.25) is 0 Å². The van der Waals surface area contributed by atoms with Crippen LogP contribution in [0.15, 0.2) is 77.8 Å². The summed E-state index contributed by atoms with van der Waals surface area (Å²) in [7, 11) is 0.593. The first-order valence-corrected chi connectivity index (χ1v) is 12.7. The Kier molecular flexibility index (Phi) is 6.81. The summed E-state index contributed by atoms with van der Waals surface area (Å²) in [5.41, 5.74) is 5.10. The van der Waals surface area contributed by atoms with Gasteiger partial charge < -0.3 is 10.2 Å². The number of rotatable bonds is 8. The Hall–Kier alpha value is -3.49. The molecule has 0 radical (unpaired) electrons. The summed E-state index contributed by atoms with van der Waals surface area (Å²) >= 11 is 0. The molecular weight excluding hydrogens is 448 g/mol. The Labute approximate surface area is 200 Å². The predicted octanol–water partition coefficient (Wildman–Crippen LogP) is 4.37. The maximum Gasteiger partial charge on any atom is 0.238 e. The van der Waals surface area contributed by atoms with E-state index < -0.39 is 15.9 Å². The second-order valence-corrected chi connectivity index (χ2v) is 10.5. The van der Waals surface area contributed by atoms with Gasteiger partial charge in [0.2, 0.25) is 15.9 Å². The zero-order valence-corrected chi connectivity index (χ0v) is 20.3. The van der Waals surface area contributed by atoms with Crippen molar-refractivity contribution in [1.29, 1.82) is 0 Å². The molecule has 3 aromatic carbocycles. The molecule has 1 aliphatic heterocycles. The second kappa shape index (κ2) is 9.79. The van der Waals surface area contributed by atoms with Gasteiger partial charge in [-0.3, -0.25) is 14.5 Å². The van der Waals surface area contributed by atoms with Gasteiger partial charge in [0.1, 0.15) is 5.92 Å². The van der Waals surface area contributed by atoms with Crippen LogP contribution in [0.5, 0.6) is 0 Å². The summed E-state index contributed by atoms with van der Waals surface area (Å²) < 4.78 is 26.7. The first-order chi connectivity index (χ1) is 16.3. The SMILES string of the molecule is CCS(=O)(=O)Nc1ccc2c(c1)C(C(=Nc1ccc(CN(C)C)cc1)c1ccccc1)C(=O)N2. The third kappa shape index (κ3) is 5.35. The van der Waals surface area contributed by atoms with Crippen LogP contribution in [0.1, 0.15) is 29.5 Å². The molecule has 0 bridgehead atoms. The minimum Gasteiger partial charge on any atom is -0.325 e. The molecule has 2 N–H and O–H groups in total. The molecule has 1 atom stereocenters. The molecule has 3 aromatic rings.